The Morgan fingerprint density at radius 3 is 2.74 bits per heavy atom. The van der Waals surface area contributed by atoms with Gasteiger partial charge in [-0.1, -0.05) is 0 Å². The summed E-state index contributed by atoms with van der Waals surface area (Å²) >= 11 is 0. The van der Waals surface area contributed by atoms with Crippen LogP contribution in [0.15, 0.2) is 30.7 Å². The molecule has 2 atom stereocenters. The molecule has 3 aromatic rings. The highest BCUT2D eigenvalue weighted by Crippen LogP contribution is 2.28. The second kappa shape index (κ2) is 9.85. The summed E-state index contributed by atoms with van der Waals surface area (Å²) in [6.45, 7) is 8.87. The van der Waals surface area contributed by atoms with Gasteiger partial charge in [0.2, 0.25) is 11.5 Å². The van der Waals surface area contributed by atoms with Crippen LogP contribution in [0.4, 0.5) is 20.7 Å². The second-order valence-electron chi connectivity index (χ2n) is 8.59. The predicted octanol–water partition coefficient (Wildman–Crippen LogP) is 3.64. The molecule has 0 aliphatic heterocycles. The summed E-state index contributed by atoms with van der Waals surface area (Å²) in [6.07, 6.45) is 2.58. The fourth-order valence-corrected chi connectivity index (χ4v) is 2.99. The van der Waals surface area contributed by atoms with Gasteiger partial charge in [-0.3, -0.25) is 10.1 Å². The number of anilines is 1. The molecule has 0 radical (unpaired) electrons. The summed E-state index contributed by atoms with van der Waals surface area (Å²) in [6, 6.07) is 2.33. The van der Waals surface area contributed by atoms with Crippen molar-refractivity contribution in [2.24, 2.45) is 0 Å². The van der Waals surface area contributed by atoms with E-state index in [9.17, 15) is 19.3 Å². The normalized spacial score (nSPS) is 13.2. The number of hydrogen-bond donors (Lipinski definition) is 2. The number of aromatic nitrogens is 4. The Labute approximate surface area is 194 Å². The molecule has 3 aromatic heterocycles. The maximum Gasteiger partial charge on any atom is 0.407 e. The predicted molar refractivity (Wildman–Crippen MR) is 120 cm³/mol. The SMILES string of the molecule is C[C@@H](CNC(=O)OC(C)(C)C)Oc1ncc(F)cc1[C@@H](C)Nc1ccn2ncc([N+](=O)[O-])c2n1. The second-order valence-corrected chi connectivity index (χ2v) is 8.59. The molecule has 0 aromatic carbocycles. The minimum atomic E-state index is -0.630. The quantitative estimate of drug-likeness (QED) is 0.368. The van der Waals surface area contributed by atoms with E-state index in [1.165, 1.54) is 16.8 Å². The molecule has 3 heterocycles. The number of ether oxygens (including phenoxy) is 2. The van der Waals surface area contributed by atoms with Crippen molar-refractivity contribution < 1.29 is 23.6 Å². The fourth-order valence-electron chi connectivity index (χ4n) is 2.99. The van der Waals surface area contributed by atoms with Gasteiger partial charge in [0.05, 0.1) is 23.7 Å². The van der Waals surface area contributed by atoms with Crippen molar-refractivity contribution in [1.29, 1.82) is 0 Å². The Kier molecular flexibility index (Phi) is 7.13. The molecule has 13 heteroatoms. The first-order chi connectivity index (χ1) is 15.9. The first-order valence-corrected chi connectivity index (χ1v) is 10.5. The summed E-state index contributed by atoms with van der Waals surface area (Å²) in [5, 5.41) is 20.7. The molecule has 34 heavy (non-hydrogen) atoms. The van der Waals surface area contributed by atoms with Gasteiger partial charge < -0.3 is 20.1 Å². The number of fused-ring (bicyclic) bond motifs is 1. The van der Waals surface area contributed by atoms with Crippen LogP contribution in [0.2, 0.25) is 0 Å². The Bertz CT molecular complexity index is 1190. The van der Waals surface area contributed by atoms with E-state index in [0.717, 1.165) is 12.4 Å². The van der Waals surface area contributed by atoms with Gasteiger partial charge in [-0.25, -0.2) is 23.7 Å². The van der Waals surface area contributed by atoms with E-state index in [0.29, 0.717) is 11.4 Å². The number of rotatable bonds is 8. The van der Waals surface area contributed by atoms with Gasteiger partial charge in [0, 0.05) is 11.8 Å². The molecule has 0 aliphatic carbocycles. The van der Waals surface area contributed by atoms with Crippen molar-refractivity contribution in [3.63, 3.8) is 0 Å². The average Bonchev–Trinajstić information content (AvgIpc) is 3.16. The monoisotopic (exact) mass is 475 g/mol. The maximum atomic E-state index is 14.0. The molecule has 0 bridgehead atoms. The molecule has 0 saturated carbocycles. The van der Waals surface area contributed by atoms with Crippen LogP contribution in [-0.2, 0) is 4.74 Å². The number of pyridine rings is 1. The zero-order valence-corrected chi connectivity index (χ0v) is 19.4. The number of carbonyl (C=O) groups excluding carboxylic acids is 1. The number of amides is 1. The van der Waals surface area contributed by atoms with E-state index in [1.54, 1.807) is 40.7 Å². The van der Waals surface area contributed by atoms with Gasteiger partial charge in [-0.15, -0.1) is 0 Å². The zero-order chi connectivity index (χ0) is 25.0. The lowest BCUT2D eigenvalue weighted by Gasteiger charge is -2.22. The number of carbonyl (C=O) groups is 1. The molecule has 0 aliphatic rings. The topological polar surface area (TPSA) is 146 Å². The molecular weight excluding hydrogens is 449 g/mol. The summed E-state index contributed by atoms with van der Waals surface area (Å²) in [4.78, 5) is 30.7. The molecule has 0 spiro atoms. The molecular formula is C21H26FN7O5. The minimum Gasteiger partial charge on any atom is -0.473 e. The van der Waals surface area contributed by atoms with Crippen molar-refractivity contribution >= 4 is 23.2 Å². The number of hydrogen-bond acceptors (Lipinski definition) is 9. The minimum absolute atomic E-state index is 0.0675. The third-order valence-electron chi connectivity index (χ3n) is 4.47. The molecule has 3 rings (SSSR count). The number of nitrogens with zero attached hydrogens (tertiary/aromatic N) is 5. The van der Waals surface area contributed by atoms with Crippen LogP contribution in [0.5, 0.6) is 5.88 Å². The van der Waals surface area contributed by atoms with E-state index >= 15 is 0 Å². The molecule has 0 fully saturated rings. The third-order valence-corrected chi connectivity index (χ3v) is 4.47. The van der Waals surface area contributed by atoms with E-state index < -0.39 is 34.6 Å². The van der Waals surface area contributed by atoms with Crippen LogP contribution in [0.25, 0.3) is 5.65 Å². The van der Waals surface area contributed by atoms with Gasteiger partial charge in [0.25, 0.3) is 0 Å². The van der Waals surface area contributed by atoms with E-state index in [1.807, 2.05) is 0 Å². The van der Waals surface area contributed by atoms with Crippen LogP contribution >= 0.6 is 0 Å². The van der Waals surface area contributed by atoms with Crippen LogP contribution in [0.1, 0.15) is 46.2 Å². The summed E-state index contributed by atoms with van der Waals surface area (Å²) < 4.78 is 26.3. The first kappa shape index (κ1) is 24.6. The van der Waals surface area contributed by atoms with Crippen molar-refractivity contribution in [2.75, 3.05) is 11.9 Å². The lowest BCUT2D eigenvalue weighted by Crippen LogP contribution is -2.37. The molecule has 0 saturated heterocycles. The average molecular weight is 475 g/mol. The molecule has 12 nitrogen and oxygen atoms in total. The molecule has 2 N–H and O–H groups in total. The molecule has 1 amide bonds. The van der Waals surface area contributed by atoms with Crippen molar-refractivity contribution in [3.05, 3.63) is 52.2 Å². The lowest BCUT2D eigenvalue weighted by atomic mass is 10.1. The van der Waals surface area contributed by atoms with E-state index in [2.05, 4.69) is 25.7 Å². The number of nitrogens with one attached hydrogen (secondary N) is 2. The smallest absolute Gasteiger partial charge is 0.407 e. The van der Waals surface area contributed by atoms with Gasteiger partial charge in [0.15, 0.2) is 0 Å². The Balaban J connectivity index is 1.72. The van der Waals surface area contributed by atoms with E-state index in [-0.39, 0.29) is 23.8 Å². The van der Waals surface area contributed by atoms with Gasteiger partial charge in [-0.05, 0) is 46.8 Å². The highest BCUT2D eigenvalue weighted by Gasteiger charge is 2.21. The van der Waals surface area contributed by atoms with Crippen LogP contribution in [0, 0.1) is 15.9 Å². The van der Waals surface area contributed by atoms with Crippen LogP contribution < -0.4 is 15.4 Å². The van der Waals surface area contributed by atoms with Gasteiger partial charge in [0.1, 0.15) is 29.5 Å². The number of alkyl carbamates (subject to hydrolysis) is 1. The molecule has 182 valence electrons. The van der Waals surface area contributed by atoms with Gasteiger partial charge in [-0.2, -0.15) is 5.10 Å². The van der Waals surface area contributed by atoms with Crippen molar-refractivity contribution in [1.82, 2.24) is 24.9 Å². The standard InChI is InChI=1S/C21H26FN7O5/c1-12(9-24-20(30)34-21(3,4)5)33-19-15(8-14(22)10-23-19)13(2)26-17-6-7-28-18(27-17)16(11-25-28)29(31)32/h6-8,10-13H,9H2,1-5H3,(H,24,30)(H,26,27)/t12-,13+/m0/s1. The summed E-state index contributed by atoms with van der Waals surface area (Å²) in [5.74, 6) is -0.0832. The van der Waals surface area contributed by atoms with Gasteiger partial charge >= 0.3 is 11.8 Å². The number of nitro groups is 1. The van der Waals surface area contributed by atoms with Crippen LogP contribution in [0.3, 0.4) is 0 Å². The number of halogens is 1. The zero-order valence-electron chi connectivity index (χ0n) is 19.4. The largest absolute Gasteiger partial charge is 0.473 e. The maximum absolute atomic E-state index is 14.0. The van der Waals surface area contributed by atoms with E-state index in [4.69, 9.17) is 9.47 Å². The summed E-state index contributed by atoms with van der Waals surface area (Å²) in [5.41, 5.74) is -0.402. The Morgan fingerprint density at radius 1 is 1.32 bits per heavy atom. The lowest BCUT2D eigenvalue weighted by molar-refractivity contribution is -0.383. The van der Waals surface area contributed by atoms with Crippen LogP contribution in [-0.4, -0.2) is 48.8 Å². The summed E-state index contributed by atoms with van der Waals surface area (Å²) in [7, 11) is 0. The Hall–Kier alpha value is -4.03. The van der Waals surface area contributed by atoms with Crippen molar-refractivity contribution in [3.8, 4) is 5.88 Å². The highest BCUT2D eigenvalue weighted by molar-refractivity contribution is 5.67. The van der Waals surface area contributed by atoms with Crippen molar-refractivity contribution in [2.45, 2.75) is 52.4 Å². The highest BCUT2D eigenvalue weighted by atomic mass is 19.1. The third kappa shape index (κ3) is 6.27. The Morgan fingerprint density at radius 2 is 2.06 bits per heavy atom. The first-order valence-electron chi connectivity index (χ1n) is 10.5. The molecule has 0 unspecified atom stereocenters. The fraction of sp³-hybridized carbons (Fsp3) is 0.429.